The van der Waals surface area contributed by atoms with Crippen LogP contribution < -0.4 is 15.4 Å². The lowest BCUT2D eigenvalue weighted by atomic mass is 10.1. The topological polar surface area (TPSA) is 65.9 Å². The quantitative estimate of drug-likeness (QED) is 0.360. The number of hydrogen-bond donors (Lipinski definition) is 3. The molecule has 0 aliphatic heterocycles. The second-order valence-corrected chi connectivity index (χ2v) is 5.28. The Kier molecular flexibility index (Phi) is 10.8. The molecule has 0 fully saturated rings. The highest BCUT2D eigenvalue weighted by Crippen LogP contribution is 2.23. The van der Waals surface area contributed by atoms with Crippen LogP contribution in [0.5, 0.6) is 11.5 Å². The van der Waals surface area contributed by atoms with Gasteiger partial charge in [0.25, 0.3) is 0 Å². The highest BCUT2D eigenvalue weighted by atomic mass is 127. The number of methoxy groups -OCH3 is 1. The zero-order chi connectivity index (χ0) is 15.7. The second-order valence-electron chi connectivity index (χ2n) is 5.28. The molecule has 5 nitrogen and oxygen atoms in total. The van der Waals surface area contributed by atoms with Crippen molar-refractivity contribution in [3.8, 4) is 11.5 Å². The molecule has 0 aromatic heterocycles. The van der Waals surface area contributed by atoms with Crippen LogP contribution in [-0.4, -0.2) is 37.8 Å². The lowest BCUT2D eigenvalue weighted by Crippen LogP contribution is -2.38. The number of nitrogens with one attached hydrogen (secondary N) is 2. The number of rotatable bonds is 7. The smallest absolute Gasteiger partial charge is 0.191 e. The first-order chi connectivity index (χ1) is 10.1. The van der Waals surface area contributed by atoms with Gasteiger partial charge in [-0.1, -0.05) is 19.9 Å². The number of ether oxygens (including phenoxy) is 1. The molecule has 22 heavy (non-hydrogen) atoms. The van der Waals surface area contributed by atoms with Crippen LogP contribution in [0.4, 0.5) is 0 Å². The monoisotopic (exact) mass is 421 g/mol. The van der Waals surface area contributed by atoms with Gasteiger partial charge < -0.3 is 20.5 Å². The summed E-state index contributed by atoms with van der Waals surface area (Å²) in [5.74, 6) is 2.28. The first-order valence-electron chi connectivity index (χ1n) is 7.44. The molecule has 126 valence electrons. The molecule has 3 N–H and O–H groups in total. The molecule has 1 rings (SSSR count). The Hall–Kier alpha value is -1.18. The maximum atomic E-state index is 9.91. The molecule has 0 heterocycles. The number of nitrogens with zero attached hydrogens (tertiary/aromatic N) is 1. The predicted octanol–water partition coefficient (Wildman–Crippen LogP) is 2.77. The third kappa shape index (κ3) is 7.72. The van der Waals surface area contributed by atoms with E-state index in [0.717, 1.165) is 31.0 Å². The minimum Gasteiger partial charge on any atom is -0.508 e. The largest absolute Gasteiger partial charge is 0.508 e. The van der Waals surface area contributed by atoms with Crippen molar-refractivity contribution in [1.82, 2.24) is 10.6 Å². The molecular formula is C16H28IN3O2. The Morgan fingerprint density at radius 3 is 2.59 bits per heavy atom. The van der Waals surface area contributed by atoms with Gasteiger partial charge in [-0.15, -0.1) is 24.0 Å². The van der Waals surface area contributed by atoms with Crippen molar-refractivity contribution in [2.75, 3.05) is 26.7 Å². The number of halogens is 1. The van der Waals surface area contributed by atoms with Crippen molar-refractivity contribution in [1.29, 1.82) is 0 Å². The second kappa shape index (κ2) is 11.4. The van der Waals surface area contributed by atoms with E-state index in [1.54, 1.807) is 13.2 Å². The number of hydrogen-bond acceptors (Lipinski definition) is 3. The maximum Gasteiger partial charge on any atom is 0.191 e. The number of aromatic hydroxyl groups is 1. The number of phenolic OH excluding ortho intramolecular Hbond substituents is 1. The van der Waals surface area contributed by atoms with Crippen LogP contribution in [0.15, 0.2) is 23.2 Å². The van der Waals surface area contributed by atoms with Gasteiger partial charge in [-0.25, -0.2) is 0 Å². The van der Waals surface area contributed by atoms with Gasteiger partial charge in [0.2, 0.25) is 0 Å². The minimum atomic E-state index is 0. The maximum absolute atomic E-state index is 9.91. The van der Waals surface area contributed by atoms with E-state index in [-0.39, 0.29) is 29.7 Å². The van der Waals surface area contributed by atoms with Crippen molar-refractivity contribution in [2.24, 2.45) is 10.9 Å². The number of phenols is 1. The van der Waals surface area contributed by atoms with Gasteiger partial charge in [0.15, 0.2) is 5.96 Å². The average molecular weight is 421 g/mol. The summed E-state index contributed by atoms with van der Waals surface area (Å²) in [6, 6.07) is 5.37. The molecule has 1 aromatic rings. The van der Waals surface area contributed by atoms with E-state index in [1.807, 2.05) is 19.1 Å². The third-order valence-electron chi connectivity index (χ3n) is 2.94. The van der Waals surface area contributed by atoms with Crippen LogP contribution in [0.1, 0.15) is 26.3 Å². The van der Waals surface area contributed by atoms with Gasteiger partial charge >= 0.3 is 0 Å². The van der Waals surface area contributed by atoms with Crippen molar-refractivity contribution in [3.63, 3.8) is 0 Å². The fourth-order valence-corrected chi connectivity index (χ4v) is 1.81. The molecule has 0 amide bonds. The van der Waals surface area contributed by atoms with Crippen LogP contribution in [0.3, 0.4) is 0 Å². The Bertz CT molecular complexity index is 465. The Morgan fingerprint density at radius 2 is 2.05 bits per heavy atom. The summed E-state index contributed by atoms with van der Waals surface area (Å²) < 4.78 is 5.07. The van der Waals surface area contributed by atoms with E-state index in [0.29, 0.717) is 18.2 Å². The van der Waals surface area contributed by atoms with Gasteiger partial charge in [-0.05, 0) is 30.9 Å². The van der Waals surface area contributed by atoms with Crippen LogP contribution in [0.25, 0.3) is 0 Å². The number of guanidine groups is 1. The van der Waals surface area contributed by atoms with Gasteiger partial charge in [-0.3, -0.25) is 4.99 Å². The third-order valence-corrected chi connectivity index (χ3v) is 2.94. The number of benzene rings is 1. The van der Waals surface area contributed by atoms with Crippen LogP contribution in [-0.2, 0) is 6.42 Å². The summed E-state index contributed by atoms with van der Waals surface area (Å²) in [6.07, 6.45) is 0.724. The van der Waals surface area contributed by atoms with Crippen molar-refractivity contribution >= 4 is 29.9 Å². The summed E-state index contributed by atoms with van der Waals surface area (Å²) in [5.41, 5.74) is 0.892. The van der Waals surface area contributed by atoms with Crippen LogP contribution in [0, 0.1) is 5.92 Å². The first kappa shape index (κ1) is 20.8. The molecule has 0 spiro atoms. The molecule has 0 aliphatic rings. The van der Waals surface area contributed by atoms with Gasteiger partial charge in [-0.2, -0.15) is 0 Å². The van der Waals surface area contributed by atoms with Crippen molar-refractivity contribution in [2.45, 2.75) is 27.2 Å². The summed E-state index contributed by atoms with van der Waals surface area (Å²) >= 11 is 0. The molecular weight excluding hydrogens is 393 g/mol. The van der Waals surface area contributed by atoms with Crippen LogP contribution in [0.2, 0.25) is 0 Å². The molecule has 0 radical (unpaired) electrons. The van der Waals surface area contributed by atoms with E-state index in [4.69, 9.17) is 4.74 Å². The Balaban J connectivity index is 0.00000441. The SMILES string of the molecule is CCNC(=NCC(C)C)NCCc1ccc(OC)cc1O.I. The Morgan fingerprint density at radius 1 is 1.32 bits per heavy atom. The van der Waals surface area contributed by atoms with Crippen molar-refractivity contribution < 1.29 is 9.84 Å². The van der Waals surface area contributed by atoms with Gasteiger partial charge in [0.1, 0.15) is 11.5 Å². The fourth-order valence-electron chi connectivity index (χ4n) is 1.81. The minimum absolute atomic E-state index is 0. The fraction of sp³-hybridized carbons (Fsp3) is 0.562. The highest BCUT2D eigenvalue weighted by molar-refractivity contribution is 14.0. The normalized spacial score (nSPS) is 11.0. The lowest BCUT2D eigenvalue weighted by molar-refractivity contribution is 0.406. The first-order valence-corrected chi connectivity index (χ1v) is 7.44. The van der Waals surface area contributed by atoms with E-state index >= 15 is 0 Å². The molecule has 0 saturated carbocycles. The number of aliphatic imine (C=N–C) groups is 1. The summed E-state index contributed by atoms with van der Waals surface area (Å²) in [7, 11) is 1.59. The van der Waals surface area contributed by atoms with E-state index < -0.39 is 0 Å². The lowest BCUT2D eigenvalue weighted by Gasteiger charge is -2.12. The molecule has 0 bridgehead atoms. The zero-order valence-electron chi connectivity index (χ0n) is 13.8. The van der Waals surface area contributed by atoms with Gasteiger partial charge in [0, 0.05) is 25.7 Å². The summed E-state index contributed by atoms with van der Waals surface area (Å²) in [6.45, 7) is 8.66. The molecule has 0 aliphatic carbocycles. The standard InChI is InChI=1S/C16H27N3O2.HI/c1-5-17-16(19-11-12(2)3)18-9-8-13-6-7-14(21-4)10-15(13)20;/h6-7,10,12,20H,5,8-9,11H2,1-4H3,(H2,17,18,19);1H. The van der Waals surface area contributed by atoms with E-state index in [9.17, 15) is 5.11 Å². The predicted molar refractivity (Wildman–Crippen MR) is 103 cm³/mol. The highest BCUT2D eigenvalue weighted by Gasteiger charge is 2.04. The van der Waals surface area contributed by atoms with E-state index in [2.05, 4.69) is 29.5 Å². The molecule has 0 saturated heterocycles. The van der Waals surface area contributed by atoms with Gasteiger partial charge in [0.05, 0.1) is 7.11 Å². The van der Waals surface area contributed by atoms with E-state index in [1.165, 1.54) is 0 Å². The molecule has 0 atom stereocenters. The van der Waals surface area contributed by atoms with Crippen LogP contribution >= 0.6 is 24.0 Å². The molecule has 6 heteroatoms. The zero-order valence-corrected chi connectivity index (χ0v) is 16.2. The average Bonchev–Trinajstić information content (AvgIpc) is 2.46. The van der Waals surface area contributed by atoms with Crippen molar-refractivity contribution in [3.05, 3.63) is 23.8 Å². The molecule has 1 aromatic carbocycles. The summed E-state index contributed by atoms with van der Waals surface area (Å²) in [5, 5.41) is 16.4. The Labute approximate surface area is 150 Å². The molecule has 0 unspecified atom stereocenters. The summed E-state index contributed by atoms with van der Waals surface area (Å²) in [4.78, 5) is 4.51.